The fourth-order valence-corrected chi connectivity index (χ4v) is 1.11. The van der Waals surface area contributed by atoms with Gasteiger partial charge in [0, 0.05) is 20.2 Å². The van der Waals surface area contributed by atoms with E-state index in [9.17, 15) is 4.79 Å². The van der Waals surface area contributed by atoms with E-state index in [-0.39, 0.29) is 11.9 Å². The van der Waals surface area contributed by atoms with E-state index in [1.165, 1.54) is 0 Å². The summed E-state index contributed by atoms with van der Waals surface area (Å²) in [5.74, 6) is 0.185. The van der Waals surface area contributed by atoms with Crippen LogP contribution < -0.4 is 5.32 Å². The molecule has 0 spiro atoms. The molecule has 0 aromatic rings. The van der Waals surface area contributed by atoms with Gasteiger partial charge in [-0.1, -0.05) is 0 Å². The van der Waals surface area contributed by atoms with Crippen molar-refractivity contribution in [3.05, 3.63) is 0 Å². The van der Waals surface area contributed by atoms with Crippen LogP contribution in [0.1, 0.15) is 0 Å². The average molecular weight is 158 g/mol. The Morgan fingerprint density at radius 3 is 3.00 bits per heavy atom. The summed E-state index contributed by atoms with van der Waals surface area (Å²) in [7, 11) is 3.44. The highest BCUT2D eigenvalue weighted by Crippen LogP contribution is 2.08. The molecule has 1 unspecified atom stereocenters. The van der Waals surface area contributed by atoms with Crippen LogP contribution in [0.5, 0.6) is 0 Å². The van der Waals surface area contributed by atoms with Gasteiger partial charge in [0.1, 0.15) is 6.04 Å². The zero-order valence-electron chi connectivity index (χ0n) is 6.96. The third kappa shape index (κ3) is 1.70. The Bertz CT molecular complexity index is 147. The average Bonchev–Trinajstić information content (AvgIpc) is 2.03. The number of nitrogens with one attached hydrogen (secondary N) is 1. The maximum atomic E-state index is 11.1. The van der Waals surface area contributed by atoms with Crippen molar-refractivity contribution in [1.82, 2.24) is 10.2 Å². The molecule has 1 fully saturated rings. The molecule has 0 aliphatic carbocycles. The molecule has 11 heavy (non-hydrogen) atoms. The number of ether oxygens (including phenoxy) is 1. The Morgan fingerprint density at radius 2 is 2.55 bits per heavy atom. The van der Waals surface area contributed by atoms with Crippen LogP contribution in [0.3, 0.4) is 0 Å². The normalized spacial score (nSPS) is 23.6. The van der Waals surface area contributed by atoms with E-state index in [2.05, 4.69) is 5.32 Å². The summed E-state index contributed by atoms with van der Waals surface area (Å²) in [6.07, 6.45) is 0. The molecule has 1 atom stereocenters. The molecule has 1 heterocycles. The Hall–Kier alpha value is -0.610. The van der Waals surface area contributed by atoms with Crippen molar-refractivity contribution in [3.63, 3.8) is 0 Å². The van der Waals surface area contributed by atoms with Crippen molar-refractivity contribution in [2.75, 3.05) is 33.9 Å². The molecule has 1 amide bonds. The van der Waals surface area contributed by atoms with Crippen LogP contribution in [0, 0.1) is 0 Å². The molecule has 0 saturated carbocycles. The second-order valence-electron chi connectivity index (χ2n) is 2.62. The standard InChI is InChI=1S/C7H14N2O2/c1-8-6-5-9(7(6)10)3-4-11-2/h6,8H,3-5H2,1-2H3. The SMILES string of the molecule is CNC1CN(CCOC)C1=O. The predicted molar refractivity (Wildman–Crippen MR) is 41.3 cm³/mol. The Labute approximate surface area is 66.5 Å². The molecule has 0 aromatic carbocycles. The fraction of sp³-hybridized carbons (Fsp3) is 0.857. The molecule has 0 radical (unpaired) electrons. The number of amides is 1. The lowest BCUT2D eigenvalue weighted by Gasteiger charge is -2.37. The van der Waals surface area contributed by atoms with E-state index in [0.29, 0.717) is 13.2 Å². The van der Waals surface area contributed by atoms with Crippen LogP contribution in [0.25, 0.3) is 0 Å². The molecular weight excluding hydrogens is 144 g/mol. The van der Waals surface area contributed by atoms with Crippen LogP contribution in [0.15, 0.2) is 0 Å². The largest absolute Gasteiger partial charge is 0.383 e. The van der Waals surface area contributed by atoms with Crippen molar-refractivity contribution in [2.24, 2.45) is 0 Å². The number of nitrogens with zero attached hydrogens (tertiary/aromatic N) is 1. The van der Waals surface area contributed by atoms with Crippen molar-refractivity contribution in [2.45, 2.75) is 6.04 Å². The third-order valence-electron chi connectivity index (χ3n) is 1.93. The first-order valence-corrected chi connectivity index (χ1v) is 3.74. The third-order valence-corrected chi connectivity index (χ3v) is 1.93. The molecule has 1 aliphatic heterocycles. The van der Waals surface area contributed by atoms with Gasteiger partial charge in [0.05, 0.1) is 6.61 Å². The summed E-state index contributed by atoms with van der Waals surface area (Å²) in [5, 5.41) is 2.93. The Morgan fingerprint density at radius 1 is 1.82 bits per heavy atom. The molecule has 4 heteroatoms. The lowest BCUT2D eigenvalue weighted by atomic mass is 10.1. The molecule has 4 nitrogen and oxygen atoms in total. The van der Waals surface area contributed by atoms with Gasteiger partial charge in [-0.15, -0.1) is 0 Å². The second-order valence-corrected chi connectivity index (χ2v) is 2.62. The van der Waals surface area contributed by atoms with Gasteiger partial charge in [-0.25, -0.2) is 0 Å². The van der Waals surface area contributed by atoms with E-state index in [4.69, 9.17) is 4.74 Å². The van der Waals surface area contributed by atoms with Gasteiger partial charge in [-0.05, 0) is 7.05 Å². The smallest absolute Gasteiger partial charge is 0.241 e. The number of methoxy groups -OCH3 is 1. The number of likely N-dealkylation sites (N-methyl/N-ethyl adjacent to an activating group) is 1. The molecule has 0 bridgehead atoms. The molecule has 0 aromatic heterocycles. The fourth-order valence-electron chi connectivity index (χ4n) is 1.11. The summed E-state index contributed by atoms with van der Waals surface area (Å²) in [6, 6.07) is 0.0480. The molecule has 1 saturated heterocycles. The van der Waals surface area contributed by atoms with Gasteiger partial charge in [0.15, 0.2) is 0 Å². The highest BCUT2D eigenvalue weighted by Gasteiger charge is 2.34. The predicted octanol–water partition coefficient (Wildman–Crippen LogP) is -0.937. The Balaban J connectivity index is 2.17. The number of likely N-dealkylation sites (tertiary alicyclic amines) is 1. The van der Waals surface area contributed by atoms with Crippen molar-refractivity contribution < 1.29 is 9.53 Å². The van der Waals surface area contributed by atoms with Gasteiger partial charge < -0.3 is 15.0 Å². The minimum atomic E-state index is 0.0480. The quantitative estimate of drug-likeness (QED) is 0.537. The summed E-state index contributed by atoms with van der Waals surface area (Å²) < 4.78 is 4.85. The maximum absolute atomic E-state index is 11.1. The number of β-lactam (4-membered cyclic amide) rings is 1. The number of hydrogen-bond acceptors (Lipinski definition) is 3. The van der Waals surface area contributed by atoms with E-state index in [1.54, 1.807) is 19.1 Å². The minimum absolute atomic E-state index is 0.0480. The highest BCUT2D eigenvalue weighted by molar-refractivity contribution is 5.87. The van der Waals surface area contributed by atoms with Crippen molar-refractivity contribution in [3.8, 4) is 0 Å². The molecule has 1 N–H and O–H groups in total. The Kier molecular flexibility index (Phi) is 2.84. The van der Waals surface area contributed by atoms with E-state index in [1.807, 2.05) is 0 Å². The van der Waals surface area contributed by atoms with E-state index < -0.39 is 0 Å². The molecular formula is C7H14N2O2. The van der Waals surface area contributed by atoms with Gasteiger partial charge >= 0.3 is 0 Å². The monoisotopic (exact) mass is 158 g/mol. The maximum Gasteiger partial charge on any atom is 0.241 e. The summed E-state index contributed by atoms with van der Waals surface area (Å²) in [5.41, 5.74) is 0. The first kappa shape index (κ1) is 8.49. The van der Waals surface area contributed by atoms with Crippen LogP contribution in [0.4, 0.5) is 0 Å². The van der Waals surface area contributed by atoms with Gasteiger partial charge in [-0.2, -0.15) is 0 Å². The van der Waals surface area contributed by atoms with E-state index >= 15 is 0 Å². The number of carbonyl (C=O) groups excluding carboxylic acids is 1. The molecule has 1 aliphatic rings. The second kappa shape index (κ2) is 3.69. The van der Waals surface area contributed by atoms with Crippen molar-refractivity contribution in [1.29, 1.82) is 0 Å². The first-order valence-electron chi connectivity index (χ1n) is 3.74. The minimum Gasteiger partial charge on any atom is -0.383 e. The van der Waals surface area contributed by atoms with Crippen LogP contribution in [-0.2, 0) is 9.53 Å². The zero-order chi connectivity index (χ0) is 8.27. The van der Waals surface area contributed by atoms with Gasteiger partial charge in [0.25, 0.3) is 0 Å². The van der Waals surface area contributed by atoms with Crippen LogP contribution >= 0.6 is 0 Å². The van der Waals surface area contributed by atoms with Gasteiger partial charge in [0.2, 0.25) is 5.91 Å². The van der Waals surface area contributed by atoms with Crippen molar-refractivity contribution >= 4 is 5.91 Å². The summed E-state index contributed by atoms with van der Waals surface area (Å²) >= 11 is 0. The van der Waals surface area contributed by atoms with Crippen LogP contribution in [-0.4, -0.2) is 50.7 Å². The topological polar surface area (TPSA) is 41.6 Å². The van der Waals surface area contributed by atoms with Crippen LogP contribution in [0.2, 0.25) is 0 Å². The lowest BCUT2D eigenvalue weighted by molar-refractivity contribution is -0.144. The zero-order valence-corrected chi connectivity index (χ0v) is 6.96. The first-order chi connectivity index (χ1) is 5.29. The highest BCUT2D eigenvalue weighted by atomic mass is 16.5. The molecule has 1 rings (SSSR count). The van der Waals surface area contributed by atoms with Gasteiger partial charge in [-0.3, -0.25) is 4.79 Å². The number of hydrogen-bond donors (Lipinski definition) is 1. The molecule has 64 valence electrons. The lowest BCUT2D eigenvalue weighted by Crippen LogP contribution is -2.62. The summed E-state index contributed by atoms with van der Waals surface area (Å²) in [6.45, 7) is 2.16. The number of rotatable bonds is 4. The summed E-state index contributed by atoms with van der Waals surface area (Å²) in [4.78, 5) is 12.9. The number of carbonyl (C=O) groups is 1. The van der Waals surface area contributed by atoms with E-state index in [0.717, 1.165) is 6.54 Å².